The molecule has 1 saturated heterocycles. The third-order valence-corrected chi connectivity index (χ3v) is 3.89. The third kappa shape index (κ3) is 3.51. The SMILES string of the molecule is CCN1CCC(Nc2cc(Cl)ccc2Cl)CC1. The second-order valence-electron chi connectivity index (χ2n) is 4.48. The lowest BCUT2D eigenvalue weighted by molar-refractivity contribution is 0.229. The molecule has 0 bridgehead atoms. The largest absolute Gasteiger partial charge is 0.381 e. The minimum absolute atomic E-state index is 0.508. The lowest BCUT2D eigenvalue weighted by Crippen LogP contribution is -2.38. The zero-order valence-electron chi connectivity index (χ0n) is 10.0. The Morgan fingerprint density at radius 3 is 2.65 bits per heavy atom. The van der Waals surface area contributed by atoms with Crippen molar-refractivity contribution >= 4 is 28.9 Å². The molecule has 0 amide bonds. The second-order valence-corrected chi connectivity index (χ2v) is 5.32. The lowest BCUT2D eigenvalue weighted by atomic mass is 10.0. The zero-order chi connectivity index (χ0) is 12.3. The molecule has 1 heterocycles. The van der Waals surface area contributed by atoms with Gasteiger partial charge in [-0.15, -0.1) is 0 Å². The molecular weight excluding hydrogens is 255 g/mol. The van der Waals surface area contributed by atoms with Gasteiger partial charge in [-0.1, -0.05) is 30.1 Å². The summed E-state index contributed by atoms with van der Waals surface area (Å²) in [6.07, 6.45) is 2.33. The number of hydrogen-bond acceptors (Lipinski definition) is 2. The van der Waals surface area contributed by atoms with E-state index in [0.717, 1.165) is 48.2 Å². The van der Waals surface area contributed by atoms with E-state index in [2.05, 4.69) is 17.1 Å². The van der Waals surface area contributed by atoms with Crippen LogP contribution in [-0.2, 0) is 0 Å². The highest BCUT2D eigenvalue weighted by atomic mass is 35.5. The fraction of sp³-hybridized carbons (Fsp3) is 0.538. The van der Waals surface area contributed by atoms with E-state index in [1.165, 1.54) is 0 Å². The average molecular weight is 273 g/mol. The molecular formula is C13H18Cl2N2. The quantitative estimate of drug-likeness (QED) is 0.898. The van der Waals surface area contributed by atoms with Crippen molar-refractivity contribution in [1.82, 2.24) is 4.90 Å². The van der Waals surface area contributed by atoms with Crippen LogP contribution in [0.5, 0.6) is 0 Å². The molecule has 1 aromatic carbocycles. The summed E-state index contributed by atoms with van der Waals surface area (Å²) in [5.74, 6) is 0. The first kappa shape index (κ1) is 13.0. The van der Waals surface area contributed by atoms with Crippen LogP contribution < -0.4 is 5.32 Å². The lowest BCUT2D eigenvalue weighted by Gasteiger charge is -2.32. The number of nitrogens with one attached hydrogen (secondary N) is 1. The predicted octanol–water partition coefficient (Wildman–Crippen LogP) is 3.89. The highest BCUT2D eigenvalue weighted by molar-refractivity contribution is 6.35. The van der Waals surface area contributed by atoms with Gasteiger partial charge < -0.3 is 10.2 Å². The van der Waals surface area contributed by atoms with Crippen LogP contribution in [-0.4, -0.2) is 30.6 Å². The standard InChI is InChI=1S/C13H18Cl2N2/c1-2-17-7-5-11(6-8-17)16-13-9-10(14)3-4-12(13)15/h3-4,9,11,16H,2,5-8H2,1H3. The summed E-state index contributed by atoms with van der Waals surface area (Å²) in [5, 5.41) is 4.96. The summed E-state index contributed by atoms with van der Waals surface area (Å²) in [4.78, 5) is 2.47. The monoisotopic (exact) mass is 272 g/mol. The molecule has 0 spiro atoms. The molecule has 1 aliphatic heterocycles. The maximum absolute atomic E-state index is 6.14. The van der Waals surface area contributed by atoms with E-state index < -0.39 is 0 Å². The van der Waals surface area contributed by atoms with Gasteiger partial charge in [0.05, 0.1) is 10.7 Å². The number of benzene rings is 1. The number of rotatable bonds is 3. The topological polar surface area (TPSA) is 15.3 Å². The Balaban J connectivity index is 1.95. The fourth-order valence-electron chi connectivity index (χ4n) is 2.22. The number of piperidine rings is 1. The highest BCUT2D eigenvalue weighted by Gasteiger charge is 2.18. The molecule has 0 saturated carbocycles. The van der Waals surface area contributed by atoms with Crippen LogP contribution in [0.25, 0.3) is 0 Å². The van der Waals surface area contributed by atoms with Crippen LogP contribution in [0.1, 0.15) is 19.8 Å². The van der Waals surface area contributed by atoms with Crippen molar-refractivity contribution in [2.24, 2.45) is 0 Å². The first-order chi connectivity index (χ1) is 8.19. The molecule has 0 atom stereocenters. The summed E-state index contributed by atoms with van der Waals surface area (Å²) >= 11 is 12.1. The van der Waals surface area contributed by atoms with Gasteiger partial charge in [-0.25, -0.2) is 0 Å². The Hall–Kier alpha value is -0.440. The molecule has 1 N–H and O–H groups in total. The van der Waals surface area contributed by atoms with Gasteiger partial charge >= 0.3 is 0 Å². The molecule has 4 heteroatoms. The summed E-state index contributed by atoms with van der Waals surface area (Å²) in [6, 6.07) is 6.06. The summed E-state index contributed by atoms with van der Waals surface area (Å²) in [6.45, 7) is 5.67. The molecule has 1 fully saturated rings. The Labute approximate surface area is 113 Å². The van der Waals surface area contributed by atoms with Gasteiger partial charge in [-0.3, -0.25) is 0 Å². The molecule has 2 rings (SSSR count). The van der Waals surface area contributed by atoms with Crippen molar-refractivity contribution in [3.63, 3.8) is 0 Å². The van der Waals surface area contributed by atoms with Crippen molar-refractivity contribution in [3.05, 3.63) is 28.2 Å². The van der Waals surface area contributed by atoms with E-state index in [-0.39, 0.29) is 0 Å². The van der Waals surface area contributed by atoms with Crippen molar-refractivity contribution in [2.75, 3.05) is 25.0 Å². The van der Waals surface area contributed by atoms with E-state index in [1.54, 1.807) is 0 Å². The van der Waals surface area contributed by atoms with Crippen LogP contribution in [0.15, 0.2) is 18.2 Å². The maximum Gasteiger partial charge on any atom is 0.0638 e. The first-order valence-electron chi connectivity index (χ1n) is 6.13. The third-order valence-electron chi connectivity index (χ3n) is 3.32. The summed E-state index contributed by atoms with van der Waals surface area (Å²) in [7, 11) is 0. The van der Waals surface area contributed by atoms with Gasteiger partial charge in [0.15, 0.2) is 0 Å². The van der Waals surface area contributed by atoms with Gasteiger partial charge in [0.25, 0.3) is 0 Å². The Morgan fingerprint density at radius 1 is 1.29 bits per heavy atom. The Morgan fingerprint density at radius 2 is 2.00 bits per heavy atom. The van der Waals surface area contributed by atoms with Gasteiger partial charge in [0.2, 0.25) is 0 Å². The van der Waals surface area contributed by atoms with E-state index >= 15 is 0 Å². The van der Waals surface area contributed by atoms with E-state index in [9.17, 15) is 0 Å². The minimum Gasteiger partial charge on any atom is -0.381 e. The van der Waals surface area contributed by atoms with Gasteiger partial charge in [-0.05, 0) is 37.6 Å². The number of anilines is 1. The van der Waals surface area contributed by atoms with Crippen molar-refractivity contribution in [3.8, 4) is 0 Å². The van der Waals surface area contributed by atoms with Crippen LogP contribution in [0.3, 0.4) is 0 Å². The molecule has 0 aliphatic carbocycles. The van der Waals surface area contributed by atoms with Crippen molar-refractivity contribution < 1.29 is 0 Å². The van der Waals surface area contributed by atoms with Crippen LogP contribution >= 0.6 is 23.2 Å². The minimum atomic E-state index is 0.508. The Bertz CT molecular complexity index is 374. The highest BCUT2D eigenvalue weighted by Crippen LogP contribution is 2.27. The molecule has 0 radical (unpaired) electrons. The van der Waals surface area contributed by atoms with Crippen molar-refractivity contribution in [1.29, 1.82) is 0 Å². The Kier molecular flexibility index (Phi) is 4.55. The fourth-order valence-corrected chi connectivity index (χ4v) is 2.57. The number of nitrogens with zero attached hydrogens (tertiary/aromatic N) is 1. The molecule has 2 nitrogen and oxygen atoms in total. The molecule has 0 aromatic heterocycles. The van der Waals surface area contributed by atoms with Crippen LogP contribution in [0.4, 0.5) is 5.69 Å². The summed E-state index contributed by atoms with van der Waals surface area (Å²) < 4.78 is 0. The number of likely N-dealkylation sites (tertiary alicyclic amines) is 1. The van der Waals surface area contributed by atoms with Crippen LogP contribution in [0.2, 0.25) is 10.0 Å². The van der Waals surface area contributed by atoms with Gasteiger partial charge in [0.1, 0.15) is 0 Å². The van der Waals surface area contributed by atoms with E-state index in [0.29, 0.717) is 6.04 Å². The molecule has 94 valence electrons. The molecule has 17 heavy (non-hydrogen) atoms. The van der Waals surface area contributed by atoms with E-state index in [4.69, 9.17) is 23.2 Å². The normalized spacial score (nSPS) is 18.3. The predicted molar refractivity (Wildman–Crippen MR) is 75.2 cm³/mol. The molecule has 1 aromatic rings. The number of hydrogen-bond donors (Lipinski definition) is 1. The van der Waals surface area contributed by atoms with Gasteiger partial charge in [0, 0.05) is 24.2 Å². The van der Waals surface area contributed by atoms with Gasteiger partial charge in [-0.2, -0.15) is 0 Å². The first-order valence-corrected chi connectivity index (χ1v) is 6.88. The van der Waals surface area contributed by atoms with E-state index in [1.807, 2.05) is 18.2 Å². The van der Waals surface area contributed by atoms with Crippen LogP contribution in [0, 0.1) is 0 Å². The molecule has 0 unspecified atom stereocenters. The maximum atomic E-state index is 6.14. The number of halogens is 2. The zero-order valence-corrected chi connectivity index (χ0v) is 11.6. The molecule has 1 aliphatic rings. The van der Waals surface area contributed by atoms with Crippen molar-refractivity contribution in [2.45, 2.75) is 25.8 Å². The smallest absolute Gasteiger partial charge is 0.0638 e. The second kappa shape index (κ2) is 5.94. The summed E-state index contributed by atoms with van der Waals surface area (Å²) in [5.41, 5.74) is 0.953. The average Bonchev–Trinajstić information content (AvgIpc) is 2.35.